The number of fused-ring (bicyclic) bond motifs is 1. The van der Waals surface area contributed by atoms with E-state index < -0.39 is 12.0 Å². The van der Waals surface area contributed by atoms with E-state index in [0.29, 0.717) is 42.1 Å². The predicted molar refractivity (Wildman–Crippen MR) is 142 cm³/mol. The number of thiazole rings is 1. The van der Waals surface area contributed by atoms with Crippen molar-refractivity contribution in [2.24, 2.45) is 4.99 Å². The van der Waals surface area contributed by atoms with Crippen LogP contribution in [-0.4, -0.2) is 43.6 Å². The molecule has 0 radical (unpaired) electrons. The standard InChI is InChI=1S/C26H25BrN2O7S/c1-6-36-25(32)22-13(2)28-26-29(23(22)14-7-8-18(33-3)20(9-14)35-5)24(31)21(37-26)11-15-10-19(34-4)17(30)12-16(15)27/h7-12,23,30H,6H2,1-5H3. The van der Waals surface area contributed by atoms with Crippen molar-refractivity contribution in [3.05, 3.63) is 76.9 Å². The number of carbonyl (C=O) groups excluding carboxylic acids is 1. The molecule has 0 bridgehead atoms. The summed E-state index contributed by atoms with van der Waals surface area (Å²) in [6.07, 6.45) is 1.69. The maximum absolute atomic E-state index is 13.8. The van der Waals surface area contributed by atoms with Crippen molar-refractivity contribution < 1.29 is 28.8 Å². The van der Waals surface area contributed by atoms with Gasteiger partial charge in [-0.15, -0.1) is 0 Å². The normalized spacial score (nSPS) is 15.2. The molecule has 1 aliphatic rings. The summed E-state index contributed by atoms with van der Waals surface area (Å²) < 4.78 is 23.8. The number of carbonyl (C=O) groups is 1. The Morgan fingerprint density at radius 1 is 1.14 bits per heavy atom. The molecule has 194 valence electrons. The smallest absolute Gasteiger partial charge is 0.338 e. The van der Waals surface area contributed by atoms with E-state index in [0.717, 1.165) is 0 Å². The minimum absolute atomic E-state index is 0.0314. The van der Waals surface area contributed by atoms with Gasteiger partial charge in [-0.2, -0.15) is 0 Å². The van der Waals surface area contributed by atoms with Gasteiger partial charge in [-0.25, -0.2) is 9.79 Å². The fourth-order valence-corrected chi connectivity index (χ4v) is 5.59. The highest BCUT2D eigenvalue weighted by Gasteiger charge is 2.34. The number of aromatic hydroxyl groups is 1. The molecule has 1 atom stereocenters. The average molecular weight is 589 g/mol. The minimum atomic E-state index is -0.796. The van der Waals surface area contributed by atoms with Gasteiger partial charge >= 0.3 is 5.97 Å². The molecule has 4 rings (SSSR count). The van der Waals surface area contributed by atoms with Crippen molar-refractivity contribution in [3.63, 3.8) is 0 Å². The molecule has 3 aromatic rings. The van der Waals surface area contributed by atoms with E-state index in [1.807, 2.05) is 0 Å². The second-order valence-corrected chi connectivity index (χ2v) is 9.83. The first-order valence-corrected chi connectivity index (χ1v) is 12.8. The summed E-state index contributed by atoms with van der Waals surface area (Å²) in [7, 11) is 4.50. The van der Waals surface area contributed by atoms with Crippen molar-refractivity contribution in [2.45, 2.75) is 19.9 Å². The molecule has 0 saturated heterocycles. The zero-order valence-electron chi connectivity index (χ0n) is 20.8. The van der Waals surface area contributed by atoms with Crippen molar-refractivity contribution >= 4 is 39.3 Å². The van der Waals surface area contributed by atoms with Crippen LogP contribution in [-0.2, 0) is 9.53 Å². The maximum atomic E-state index is 13.8. The van der Waals surface area contributed by atoms with E-state index in [4.69, 9.17) is 18.9 Å². The molecule has 1 unspecified atom stereocenters. The van der Waals surface area contributed by atoms with Crippen LogP contribution in [0.2, 0.25) is 0 Å². The van der Waals surface area contributed by atoms with Gasteiger partial charge in [-0.1, -0.05) is 33.3 Å². The van der Waals surface area contributed by atoms with Crippen LogP contribution in [0.1, 0.15) is 31.0 Å². The molecule has 0 saturated carbocycles. The Balaban J connectivity index is 1.98. The minimum Gasteiger partial charge on any atom is -0.504 e. The predicted octanol–water partition coefficient (Wildman–Crippen LogP) is 3.29. The number of allylic oxidation sites excluding steroid dienone is 1. The van der Waals surface area contributed by atoms with Crippen LogP contribution in [0.15, 0.2) is 55.9 Å². The summed E-state index contributed by atoms with van der Waals surface area (Å²) in [4.78, 5) is 31.9. The first-order valence-electron chi connectivity index (χ1n) is 11.2. The zero-order chi connectivity index (χ0) is 26.9. The van der Waals surface area contributed by atoms with E-state index in [-0.39, 0.29) is 29.2 Å². The SMILES string of the molecule is CCOC(=O)C1=C(C)N=c2sc(=Cc3cc(OC)c(O)cc3Br)c(=O)n2C1c1ccc(OC)c(OC)c1. The number of benzene rings is 2. The number of aromatic nitrogens is 1. The number of rotatable bonds is 7. The third-order valence-corrected chi connectivity index (χ3v) is 7.49. The Hall–Kier alpha value is -3.57. The van der Waals surface area contributed by atoms with Crippen LogP contribution in [0.25, 0.3) is 6.08 Å². The van der Waals surface area contributed by atoms with Crippen molar-refractivity contribution in [1.82, 2.24) is 4.57 Å². The van der Waals surface area contributed by atoms with Crippen LogP contribution in [0.3, 0.4) is 0 Å². The fourth-order valence-electron chi connectivity index (χ4n) is 4.10. The van der Waals surface area contributed by atoms with E-state index in [1.54, 1.807) is 44.2 Å². The summed E-state index contributed by atoms with van der Waals surface area (Å²) >= 11 is 4.62. The Labute approximate surface area is 225 Å². The van der Waals surface area contributed by atoms with Gasteiger partial charge in [0.25, 0.3) is 5.56 Å². The van der Waals surface area contributed by atoms with Gasteiger partial charge in [0.15, 0.2) is 27.8 Å². The number of hydrogen-bond acceptors (Lipinski definition) is 9. The highest BCUT2D eigenvalue weighted by molar-refractivity contribution is 9.10. The van der Waals surface area contributed by atoms with Gasteiger partial charge in [0.1, 0.15) is 0 Å². The molecule has 1 aromatic heterocycles. The average Bonchev–Trinajstić information content (AvgIpc) is 3.18. The first-order chi connectivity index (χ1) is 17.7. The van der Waals surface area contributed by atoms with Crippen LogP contribution in [0.5, 0.6) is 23.0 Å². The molecule has 0 amide bonds. The van der Waals surface area contributed by atoms with E-state index in [1.165, 1.54) is 43.3 Å². The summed E-state index contributed by atoms with van der Waals surface area (Å²) in [6, 6.07) is 7.57. The number of phenolic OH excluding ortho intramolecular Hbond substituents is 1. The lowest BCUT2D eigenvalue weighted by atomic mass is 9.95. The monoisotopic (exact) mass is 588 g/mol. The van der Waals surface area contributed by atoms with Crippen molar-refractivity contribution in [1.29, 1.82) is 0 Å². The number of halogens is 1. The van der Waals surface area contributed by atoms with Gasteiger partial charge in [-0.3, -0.25) is 9.36 Å². The van der Waals surface area contributed by atoms with Gasteiger partial charge in [0, 0.05) is 4.47 Å². The van der Waals surface area contributed by atoms with Gasteiger partial charge < -0.3 is 24.1 Å². The van der Waals surface area contributed by atoms with Crippen LogP contribution in [0, 0.1) is 0 Å². The fraction of sp³-hybridized carbons (Fsp3) is 0.269. The first kappa shape index (κ1) is 26.5. The quantitative estimate of drug-likeness (QED) is 0.422. The molecular weight excluding hydrogens is 564 g/mol. The summed E-state index contributed by atoms with van der Waals surface area (Å²) in [5.74, 6) is 0.661. The molecule has 37 heavy (non-hydrogen) atoms. The molecule has 0 fully saturated rings. The Bertz CT molecular complexity index is 1590. The number of ether oxygens (including phenoxy) is 4. The Morgan fingerprint density at radius 3 is 2.49 bits per heavy atom. The second-order valence-electron chi connectivity index (χ2n) is 7.96. The molecule has 1 aliphatic heterocycles. The number of methoxy groups -OCH3 is 3. The van der Waals surface area contributed by atoms with Gasteiger partial charge in [0.05, 0.1) is 49.8 Å². The topological polar surface area (TPSA) is 109 Å². The molecule has 11 heteroatoms. The zero-order valence-corrected chi connectivity index (χ0v) is 23.2. The molecule has 1 N–H and O–H groups in total. The molecule has 2 aromatic carbocycles. The van der Waals surface area contributed by atoms with E-state index >= 15 is 0 Å². The lowest BCUT2D eigenvalue weighted by molar-refractivity contribution is -0.139. The molecule has 9 nitrogen and oxygen atoms in total. The Morgan fingerprint density at radius 2 is 1.84 bits per heavy atom. The third kappa shape index (κ3) is 4.88. The van der Waals surface area contributed by atoms with E-state index in [9.17, 15) is 14.7 Å². The van der Waals surface area contributed by atoms with Crippen LogP contribution < -0.4 is 29.1 Å². The van der Waals surface area contributed by atoms with E-state index in [2.05, 4.69) is 20.9 Å². The number of esters is 1. The molecule has 0 spiro atoms. The highest BCUT2D eigenvalue weighted by atomic mass is 79.9. The van der Waals surface area contributed by atoms with Crippen molar-refractivity contribution in [3.8, 4) is 23.0 Å². The summed E-state index contributed by atoms with van der Waals surface area (Å²) in [6.45, 7) is 3.62. The lowest BCUT2D eigenvalue weighted by Crippen LogP contribution is -2.40. The number of nitrogens with zero attached hydrogens (tertiary/aromatic N) is 2. The third-order valence-electron chi connectivity index (χ3n) is 5.83. The maximum Gasteiger partial charge on any atom is 0.338 e. The van der Waals surface area contributed by atoms with Crippen molar-refractivity contribution in [2.75, 3.05) is 27.9 Å². The number of phenols is 1. The lowest BCUT2D eigenvalue weighted by Gasteiger charge is -2.25. The largest absolute Gasteiger partial charge is 0.504 e. The molecular formula is C26H25BrN2O7S. The summed E-state index contributed by atoms with van der Waals surface area (Å²) in [5, 5.41) is 10.0. The highest BCUT2D eigenvalue weighted by Crippen LogP contribution is 2.36. The van der Waals surface area contributed by atoms with Crippen LogP contribution in [0.4, 0.5) is 0 Å². The molecule has 2 heterocycles. The van der Waals surface area contributed by atoms with Gasteiger partial charge in [0.2, 0.25) is 0 Å². The van der Waals surface area contributed by atoms with Gasteiger partial charge in [-0.05, 0) is 55.3 Å². The molecule has 0 aliphatic carbocycles. The number of hydrogen-bond donors (Lipinski definition) is 1. The second kappa shape index (κ2) is 10.8. The summed E-state index contributed by atoms with van der Waals surface area (Å²) in [5.41, 5.74) is 1.65. The Kier molecular flexibility index (Phi) is 7.74. The van der Waals surface area contributed by atoms with Crippen LogP contribution >= 0.6 is 27.3 Å².